The van der Waals surface area contributed by atoms with Gasteiger partial charge in [-0.1, -0.05) is 49.6 Å². The standard InChI is InChI=1S/C17H19NO2/c19-16-14(11-13-7-3-1-4-8-13)12-18(17(16)20)15-9-5-2-6-10-15/h1,3-4,7-8,11,15H,2,5-6,9-10,12H2. The third-order valence-electron chi connectivity index (χ3n) is 4.24. The van der Waals surface area contributed by atoms with Gasteiger partial charge in [-0.05, 0) is 24.5 Å². The van der Waals surface area contributed by atoms with Crippen molar-refractivity contribution >= 4 is 17.8 Å². The SMILES string of the molecule is O=C1C(=O)N(C2CCCCC2)CC1=Cc1ccccc1. The molecule has 3 heteroatoms. The third kappa shape index (κ3) is 2.53. The first-order chi connectivity index (χ1) is 9.75. The Balaban J connectivity index is 1.80. The number of ketones is 1. The molecular formula is C17H19NO2. The number of hydrogen-bond acceptors (Lipinski definition) is 2. The second-order valence-corrected chi connectivity index (χ2v) is 5.63. The molecule has 1 heterocycles. The van der Waals surface area contributed by atoms with Gasteiger partial charge in [-0.15, -0.1) is 0 Å². The Kier molecular flexibility index (Phi) is 3.68. The fourth-order valence-corrected chi connectivity index (χ4v) is 3.14. The topological polar surface area (TPSA) is 37.4 Å². The van der Waals surface area contributed by atoms with Gasteiger partial charge in [-0.25, -0.2) is 0 Å². The summed E-state index contributed by atoms with van der Waals surface area (Å²) in [6.07, 6.45) is 7.51. The van der Waals surface area contributed by atoms with Crippen LogP contribution in [-0.2, 0) is 9.59 Å². The van der Waals surface area contributed by atoms with Crippen LogP contribution in [0.1, 0.15) is 37.7 Å². The van der Waals surface area contributed by atoms with Crippen molar-refractivity contribution in [2.75, 3.05) is 6.54 Å². The van der Waals surface area contributed by atoms with E-state index in [0.717, 1.165) is 18.4 Å². The maximum Gasteiger partial charge on any atom is 0.295 e. The van der Waals surface area contributed by atoms with Gasteiger partial charge in [0, 0.05) is 11.6 Å². The van der Waals surface area contributed by atoms with Crippen LogP contribution in [0.5, 0.6) is 0 Å². The van der Waals surface area contributed by atoms with Crippen LogP contribution in [0.2, 0.25) is 0 Å². The fraction of sp³-hybridized carbons (Fsp3) is 0.412. The zero-order valence-electron chi connectivity index (χ0n) is 11.5. The molecule has 3 rings (SSSR count). The van der Waals surface area contributed by atoms with E-state index < -0.39 is 0 Å². The largest absolute Gasteiger partial charge is 0.328 e. The lowest BCUT2D eigenvalue weighted by Gasteiger charge is -2.30. The summed E-state index contributed by atoms with van der Waals surface area (Å²) in [7, 11) is 0. The molecule has 20 heavy (non-hydrogen) atoms. The molecule has 0 spiro atoms. The highest BCUT2D eigenvalue weighted by atomic mass is 16.2. The molecule has 3 nitrogen and oxygen atoms in total. The molecule has 0 N–H and O–H groups in total. The zero-order valence-corrected chi connectivity index (χ0v) is 11.5. The van der Waals surface area contributed by atoms with E-state index in [1.807, 2.05) is 36.4 Å². The van der Waals surface area contributed by atoms with E-state index in [1.54, 1.807) is 4.90 Å². The number of carbonyl (C=O) groups excluding carboxylic acids is 2. The van der Waals surface area contributed by atoms with Crippen molar-refractivity contribution in [3.05, 3.63) is 41.5 Å². The minimum absolute atomic E-state index is 0.266. The molecule has 0 unspecified atom stereocenters. The molecule has 0 bridgehead atoms. The van der Waals surface area contributed by atoms with E-state index >= 15 is 0 Å². The van der Waals surface area contributed by atoms with Crippen LogP contribution >= 0.6 is 0 Å². The number of carbonyl (C=O) groups is 2. The maximum absolute atomic E-state index is 12.1. The molecule has 1 amide bonds. The Morgan fingerprint density at radius 1 is 1.00 bits per heavy atom. The van der Waals surface area contributed by atoms with E-state index in [4.69, 9.17) is 0 Å². The van der Waals surface area contributed by atoms with E-state index in [2.05, 4.69) is 0 Å². The first kappa shape index (κ1) is 13.1. The summed E-state index contributed by atoms with van der Waals surface area (Å²) in [6, 6.07) is 9.99. The summed E-state index contributed by atoms with van der Waals surface area (Å²) in [6.45, 7) is 0.483. The van der Waals surface area contributed by atoms with Crippen molar-refractivity contribution in [3.8, 4) is 0 Å². The van der Waals surface area contributed by atoms with Crippen molar-refractivity contribution in [1.82, 2.24) is 4.90 Å². The molecule has 0 atom stereocenters. The lowest BCUT2D eigenvalue weighted by molar-refractivity contribution is -0.140. The Morgan fingerprint density at radius 2 is 1.70 bits per heavy atom. The molecule has 1 saturated carbocycles. The van der Waals surface area contributed by atoms with Gasteiger partial charge in [0.1, 0.15) is 0 Å². The quantitative estimate of drug-likeness (QED) is 0.611. The van der Waals surface area contributed by atoms with Crippen LogP contribution < -0.4 is 0 Å². The summed E-state index contributed by atoms with van der Waals surface area (Å²) in [5.41, 5.74) is 1.61. The molecule has 0 aromatic heterocycles. The predicted molar refractivity (Wildman–Crippen MR) is 78.0 cm³/mol. The molecule has 2 fully saturated rings. The molecule has 1 aliphatic carbocycles. The number of amides is 1. The minimum atomic E-state index is -0.320. The van der Waals surface area contributed by atoms with Gasteiger partial charge in [0.05, 0.1) is 6.54 Å². The van der Waals surface area contributed by atoms with Gasteiger partial charge in [-0.3, -0.25) is 9.59 Å². The third-order valence-corrected chi connectivity index (χ3v) is 4.24. The summed E-state index contributed by atoms with van der Waals surface area (Å²) in [4.78, 5) is 26.0. The van der Waals surface area contributed by atoms with Crippen molar-refractivity contribution in [3.63, 3.8) is 0 Å². The van der Waals surface area contributed by atoms with Crippen molar-refractivity contribution in [2.24, 2.45) is 0 Å². The maximum atomic E-state index is 12.1. The molecule has 0 radical (unpaired) electrons. The Hall–Kier alpha value is -1.90. The summed E-state index contributed by atoms with van der Waals surface area (Å²) < 4.78 is 0. The van der Waals surface area contributed by atoms with Gasteiger partial charge in [0.2, 0.25) is 5.78 Å². The van der Waals surface area contributed by atoms with E-state index in [1.165, 1.54) is 19.3 Å². The Labute approximate surface area is 119 Å². The first-order valence-corrected chi connectivity index (χ1v) is 7.36. The van der Waals surface area contributed by atoms with Crippen LogP contribution in [0.25, 0.3) is 6.08 Å². The predicted octanol–water partition coefficient (Wildman–Crippen LogP) is 2.81. The van der Waals surface area contributed by atoms with Crippen LogP contribution in [0.4, 0.5) is 0 Å². The van der Waals surface area contributed by atoms with E-state index in [9.17, 15) is 9.59 Å². The van der Waals surface area contributed by atoms with Crippen LogP contribution in [0, 0.1) is 0 Å². The summed E-state index contributed by atoms with van der Waals surface area (Å²) >= 11 is 0. The van der Waals surface area contributed by atoms with Crippen LogP contribution in [-0.4, -0.2) is 29.2 Å². The smallest absolute Gasteiger partial charge is 0.295 e. The van der Waals surface area contributed by atoms with Gasteiger partial charge in [-0.2, -0.15) is 0 Å². The Bertz CT molecular complexity index is 541. The lowest BCUT2D eigenvalue weighted by atomic mass is 9.94. The minimum Gasteiger partial charge on any atom is -0.328 e. The summed E-state index contributed by atoms with van der Waals surface area (Å²) in [5.74, 6) is -0.626. The molecule has 1 aromatic rings. The highest BCUT2D eigenvalue weighted by Gasteiger charge is 2.38. The van der Waals surface area contributed by atoms with E-state index in [-0.39, 0.29) is 17.7 Å². The molecule has 104 valence electrons. The average molecular weight is 269 g/mol. The number of benzene rings is 1. The average Bonchev–Trinajstić information content (AvgIpc) is 2.78. The van der Waals surface area contributed by atoms with Crippen molar-refractivity contribution in [1.29, 1.82) is 0 Å². The number of Topliss-reactive ketones (excluding diaryl/α,β-unsaturated/α-hetero) is 1. The number of nitrogens with zero attached hydrogens (tertiary/aromatic N) is 1. The fourth-order valence-electron chi connectivity index (χ4n) is 3.14. The zero-order chi connectivity index (χ0) is 13.9. The van der Waals surface area contributed by atoms with Gasteiger partial charge >= 0.3 is 0 Å². The van der Waals surface area contributed by atoms with Crippen molar-refractivity contribution < 1.29 is 9.59 Å². The molecule has 1 aromatic carbocycles. The molecule has 1 aliphatic heterocycles. The second-order valence-electron chi connectivity index (χ2n) is 5.63. The van der Waals surface area contributed by atoms with Crippen molar-refractivity contribution in [2.45, 2.75) is 38.1 Å². The van der Waals surface area contributed by atoms with Gasteiger partial charge in [0.25, 0.3) is 5.91 Å². The van der Waals surface area contributed by atoms with Gasteiger partial charge < -0.3 is 4.90 Å². The number of hydrogen-bond donors (Lipinski definition) is 0. The highest BCUT2D eigenvalue weighted by molar-refractivity contribution is 6.46. The second kappa shape index (κ2) is 5.61. The van der Waals surface area contributed by atoms with Crippen LogP contribution in [0.15, 0.2) is 35.9 Å². The molecule has 2 aliphatic rings. The first-order valence-electron chi connectivity index (χ1n) is 7.36. The van der Waals surface area contributed by atoms with Crippen LogP contribution in [0.3, 0.4) is 0 Å². The lowest BCUT2D eigenvalue weighted by Crippen LogP contribution is -2.38. The number of likely N-dealkylation sites (tertiary alicyclic amines) is 1. The Morgan fingerprint density at radius 3 is 2.40 bits per heavy atom. The monoisotopic (exact) mass is 269 g/mol. The summed E-state index contributed by atoms with van der Waals surface area (Å²) in [5, 5.41) is 0. The molecular weight excluding hydrogens is 250 g/mol. The molecule has 1 saturated heterocycles. The van der Waals surface area contributed by atoms with E-state index in [0.29, 0.717) is 12.1 Å². The normalized spacial score (nSPS) is 22.8. The number of rotatable bonds is 2. The highest BCUT2D eigenvalue weighted by Crippen LogP contribution is 2.27. The van der Waals surface area contributed by atoms with Gasteiger partial charge in [0.15, 0.2) is 0 Å².